The molecule has 1 N–H and O–H groups in total. The lowest BCUT2D eigenvalue weighted by atomic mass is 9.83. The van der Waals surface area contributed by atoms with Crippen molar-refractivity contribution in [2.45, 2.75) is 57.5 Å². The lowest BCUT2D eigenvalue weighted by Gasteiger charge is -2.31. The largest absolute Gasteiger partial charge is 0.493 e. The molecule has 44 heavy (non-hydrogen) atoms. The van der Waals surface area contributed by atoms with Gasteiger partial charge in [0.2, 0.25) is 5.91 Å². The van der Waals surface area contributed by atoms with Gasteiger partial charge in [0, 0.05) is 63.1 Å². The zero-order chi connectivity index (χ0) is 31.4. The number of rotatable bonds is 14. The van der Waals surface area contributed by atoms with Crippen molar-refractivity contribution in [1.29, 1.82) is 0 Å². The van der Waals surface area contributed by atoms with Gasteiger partial charge in [0.15, 0.2) is 0 Å². The summed E-state index contributed by atoms with van der Waals surface area (Å²) in [5.74, 6) is -0.883. The zero-order valence-corrected chi connectivity index (χ0v) is 26.8. The molecule has 0 aromatic heterocycles. The first kappa shape index (κ1) is 32.0. The quantitative estimate of drug-likeness (QED) is 0.329. The van der Waals surface area contributed by atoms with Gasteiger partial charge in [-0.2, -0.15) is 0 Å². The molecule has 9 heteroatoms. The smallest absolute Gasteiger partial charge is 0.308 e. The molecule has 1 saturated heterocycles. The van der Waals surface area contributed by atoms with Crippen LogP contribution in [0.5, 0.6) is 5.75 Å². The van der Waals surface area contributed by atoms with E-state index in [9.17, 15) is 19.5 Å². The van der Waals surface area contributed by atoms with Gasteiger partial charge in [0.1, 0.15) is 5.75 Å². The monoisotopic (exact) mass is 605 g/mol. The van der Waals surface area contributed by atoms with Crippen LogP contribution in [-0.4, -0.2) is 115 Å². The van der Waals surface area contributed by atoms with Crippen molar-refractivity contribution in [2.24, 2.45) is 5.92 Å². The number of carbonyl (C=O) groups is 3. The number of carboxylic acid groups (broad SMARTS) is 1. The van der Waals surface area contributed by atoms with Crippen LogP contribution in [0.3, 0.4) is 0 Å². The fraction of sp³-hybridized carbons (Fsp3) is 0.571. The Kier molecular flexibility index (Phi) is 9.95. The van der Waals surface area contributed by atoms with Crippen LogP contribution in [0.2, 0.25) is 0 Å². The van der Waals surface area contributed by atoms with Gasteiger partial charge in [-0.25, -0.2) is 0 Å². The van der Waals surface area contributed by atoms with Gasteiger partial charge in [-0.05, 0) is 41.7 Å². The highest BCUT2D eigenvalue weighted by molar-refractivity contribution is 5.98. The first-order chi connectivity index (χ1) is 21.1. The van der Waals surface area contributed by atoms with Crippen LogP contribution < -0.4 is 4.74 Å². The van der Waals surface area contributed by atoms with Gasteiger partial charge in [-0.3, -0.25) is 19.3 Å². The Balaban J connectivity index is 1.37. The Morgan fingerprint density at radius 3 is 2.57 bits per heavy atom. The van der Waals surface area contributed by atoms with Crippen LogP contribution in [0.15, 0.2) is 42.5 Å². The van der Waals surface area contributed by atoms with Crippen molar-refractivity contribution in [3.05, 3.63) is 64.7 Å². The van der Waals surface area contributed by atoms with E-state index in [0.717, 1.165) is 64.7 Å². The molecular formula is C35H49N4O5+. The number of carboxylic acids is 1. The summed E-state index contributed by atoms with van der Waals surface area (Å²) in [6.07, 6.45) is 4.16. The molecule has 0 aliphatic carbocycles. The van der Waals surface area contributed by atoms with Crippen LogP contribution in [0.4, 0.5) is 0 Å². The zero-order valence-electron chi connectivity index (χ0n) is 26.8. The highest BCUT2D eigenvalue weighted by Crippen LogP contribution is 2.41. The summed E-state index contributed by atoms with van der Waals surface area (Å²) in [7, 11) is 6.48. The van der Waals surface area contributed by atoms with Crippen molar-refractivity contribution < 1.29 is 28.7 Å². The first-order valence-electron chi connectivity index (χ1n) is 16.2. The minimum atomic E-state index is -0.853. The maximum absolute atomic E-state index is 13.9. The summed E-state index contributed by atoms with van der Waals surface area (Å²) < 4.78 is 6.56. The van der Waals surface area contributed by atoms with E-state index in [1.165, 1.54) is 0 Å². The molecule has 0 radical (unpaired) electrons. The van der Waals surface area contributed by atoms with Crippen LogP contribution in [0, 0.1) is 5.92 Å². The SMILES string of the molecule is CCCCN(CCC[N+](C)(C)C)C(=O)CN1C[C@H](c2ccc3c(c2)CCO3)[C@@H](C(=O)O)[C@@H]1CCN1Cc2ccccc2C1=O. The number of carbonyl (C=O) groups excluding carboxylic acids is 2. The van der Waals surface area contributed by atoms with Gasteiger partial charge >= 0.3 is 5.97 Å². The molecule has 2 amide bonds. The van der Waals surface area contributed by atoms with Crippen LogP contribution >= 0.6 is 0 Å². The third-order valence-corrected chi connectivity index (χ3v) is 9.50. The molecule has 2 aromatic rings. The van der Waals surface area contributed by atoms with Crippen molar-refractivity contribution >= 4 is 17.8 Å². The molecule has 9 nitrogen and oxygen atoms in total. The van der Waals surface area contributed by atoms with Gasteiger partial charge in [-0.1, -0.05) is 43.7 Å². The summed E-state index contributed by atoms with van der Waals surface area (Å²) in [5.41, 5.74) is 3.82. The minimum Gasteiger partial charge on any atom is -0.493 e. The minimum absolute atomic E-state index is 0.00809. The normalized spacial score (nSPS) is 21.3. The number of benzene rings is 2. The Morgan fingerprint density at radius 2 is 1.84 bits per heavy atom. The van der Waals surface area contributed by atoms with Gasteiger partial charge in [-0.15, -0.1) is 0 Å². The van der Waals surface area contributed by atoms with Crippen LogP contribution in [0.1, 0.15) is 65.6 Å². The Morgan fingerprint density at radius 1 is 1.07 bits per heavy atom. The van der Waals surface area contributed by atoms with E-state index in [4.69, 9.17) is 4.74 Å². The molecule has 3 heterocycles. The highest BCUT2D eigenvalue weighted by Gasteiger charge is 2.47. The number of ether oxygens (including phenoxy) is 1. The predicted molar refractivity (Wildman–Crippen MR) is 170 cm³/mol. The number of nitrogens with zero attached hydrogens (tertiary/aromatic N) is 4. The number of hydrogen-bond acceptors (Lipinski definition) is 5. The number of quaternary nitrogens is 1. The molecule has 1 fully saturated rings. The second kappa shape index (κ2) is 13.7. The van der Waals surface area contributed by atoms with E-state index < -0.39 is 11.9 Å². The van der Waals surface area contributed by atoms with E-state index in [0.29, 0.717) is 45.8 Å². The maximum atomic E-state index is 13.9. The molecule has 0 saturated carbocycles. The summed E-state index contributed by atoms with van der Waals surface area (Å²) >= 11 is 0. The fourth-order valence-corrected chi connectivity index (χ4v) is 7.13. The van der Waals surface area contributed by atoms with Crippen molar-refractivity contribution in [3.63, 3.8) is 0 Å². The Bertz CT molecular complexity index is 1350. The van der Waals surface area contributed by atoms with Crippen LogP contribution in [-0.2, 0) is 22.6 Å². The third kappa shape index (κ3) is 7.26. The average molecular weight is 606 g/mol. The maximum Gasteiger partial charge on any atom is 0.308 e. The number of unbranched alkanes of at least 4 members (excludes halogenated alkanes) is 1. The van der Waals surface area contributed by atoms with E-state index in [1.54, 1.807) is 0 Å². The van der Waals surface area contributed by atoms with Gasteiger partial charge < -0.3 is 24.1 Å². The van der Waals surface area contributed by atoms with E-state index >= 15 is 0 Å². The third-order valence-electron chi connectivity index (χ3n) is 9.50. The van der Waals surface area contributed by atoms with E-state index in [2.05, 4.69) is 39.0 Å². The molecule has 2 aromatic carbocycles. The molecule has 0 bridgehead atoms. The number of hydrogen-bond donors (Lipinski definition) is 1. The first-order valence-corrected chi connectivity index (χ1v) is 16.2. The lowest BCUT2D eigenvalue weighted by molar-refractivity contribution is -0.870. The summed E-state index contributed by atoms with van der Waals surface area (Å²) in [6.45, 7) is 6.80. The molecule has 0 spiro atoms. The highest BCUT2D eigenvalue weighted by atomic mass is 16.5. The molecular weight excluding hydrogens is 556 g/mol. The van der Waals surface area contributed by atoms with Gasteiger partial charge in [0.05, 0.1) is 46.8 Å². The van der Waals surface area contributed by atoms with Gasteiger partial charge in [0.25, 0.3) is 5.91 Å². The Labute approximate surface area is 262 Å². The Hall–Kier alpha value is -3.43. The molecule has 5 rings (SSSR count). The number of likely N-dealkylation sites (tertiary alicyclic amines) is 1. The molecule has 3 aliphatic rings. The van der Waals surface area contributed by atoms with Crippen LogP contribution in [0.25, 0.3) is 0 Å². The topological polar surface area (TPSA) is 90.4 Å². The summed E-state index contributed by atoms with van der Waals surface area (Å²) in [6, 6.07) is 13.3. The predicted octanol–water partition coefficient (Wildman–Crippen LogP) is 3.86. The molecule has 238 valence electrons. The average Bonchev–Trinajstić information content (AvgIpc) is 3.68. The van der Waals surface area contributed by atoms with E-state index in [1.807, 2.05) is 46.2 Å². The fourth-order valence-electron chi connectivity index (χ4n) is 7.13. The lowest BCUT2D eigenvalue weighted by Crippen LogP contribution is -2.46. The second-order valence-corrected chi connectivity index (χ2v) is 13.7. The van der Waals surface area contributed by atoms with Crippen molar-refractivity contribution in [3.8, 4) is 5.75 Å². The van der Waals surface area contributed by atoms with Crippen molar-refractivity contribution in [1.82, 2.24) is 14.7 Å². The molecule has 3 atom stereocenters. The van der Waals surface area contributed by atoms with Crippen molar-refractivity contribution in [2.75, 3.05) is 67.0 Å². The van der Waals surface area contributed by atoms with E-state index in [-0.39, 0.29) is 30.3 Å². The summed E-state index contributed by atoms with van der Waals surface area (Å²) in [5, 5.41) is 10.6. The standard InChI is InChI=1S/C35H48N4O5/c1-5-6-16-36(17-9-19-39(2,3)4)32(40)24-38-23-29(25-12-13-31-26(21-25)15-20-44-31)33(35(42)43)30(38)14-18-37-22-27-10-7-8-11-28(27)34(37)41/h7-8,10-13,21,29-30,33H,5-6,9,14-20,22-24H2,1-4H3/p+1/t29-,30+,33-/m1/s1. The molecule has 3 aliphatic heterocycles. The molecule has 0 unspecified atom stereocenters. The number of fused-ring (bicyclic) bond motifs is 2. The summed E-state index contributed by atoms with van der Waals surface area (Å²) in [4.78, 5) is 45.9. The number of aliphatic carboxylic acids is 1. The number of amides is 2. The second-order valence-electron chi connectivity index (χ2n) is 13.7.